The van der Waals surface area contributed by atoms with E-state index < -0.39 is 18.2 Å². The molecular weight excluding hydrogens is 707 g/mol. The second-order valence-corrected chi connectivity index (χ2v) is 16.1. The molecule has 3 N–H and O–H groups in total. The fourth-order valence-corrected chi connectivity index (χ4v) is 6.94. The van der Waals surface area contributed by atoms with Crippen LogP contribution in [0, 0.1) is 0 Å². The first kappa shape index (κ1) is 54.6. The molecule has 3 atom stereocenters. The van der Waals surface area contributed by atoms with Crippen molar-refractivity contribution in [3.05, 3.63) is 60.8 Å². The van der Waals surface area contributed by atoms with Crippen LogP contribution < -0.4 is 5.32 Å². The van der Waals surface area contributed by atoms with Gasteiger partial charge in [-0.2, -0.15) is 0 Å². The molecule has 0 aliphatic heterocycles. The van der Waals surface area contributed by atoms with Gasteiger partial charge in [0, 0.05) is 6.42 Å². The maximum atomic E-state index is 13.1. The van der Waals surface area contributed by atoms with Crippen molar-refractivity contribution in [2.75, 3.05) is 6.61 Å². The topological polar surface area (TPSA) is 95.9 Å². The zero-order valence-corrected chi connectivity index (χ0v) is 37.5. The third-order valence-electron chi connectivity index (χ3n) is 10.6. The van der Waals surface area contributed by atoms with Gasteiger partial charge in [0.2, 0.25) is 5.91 Å². The summed E-state index contributed by atoms with van der Waals surface area (Å²) in [5, 5.41) is 23.6. The summed E-state index contributed by atoms with van der Waals surface area (Å²) in [6, 6.07) is -0.710. The molecule has 0 fully saturated rings. The molecule has 330 valence electrons. The van der Waals surface area contributed by atoms with Crippen LogP contribution in [0.25, 0.3) is 0 Å². The molecule has 0 radical (unpaired) electrons. The Balaban J connectivity index is 4.67. The Kier molecular flexibility index (Phi) is 42.7. The van der Waals surface area contributed by atoms with Gasteiger partial charge in [-0.1, -0.05) is 184 Å². The van der Waals surface area contributed by atoms with Crippen LogP contribution in [0.5, 0.6) is 0 Å². The number of aliphatic hydroxyl groups excluding tert-OH is 2. The first-order valence-corrected chi connectivity index (χ1v) is 24.0. The summed E-state index contributed by atoms with van der Waals surface area (Å²) in [4.78, 5) is 26.0. The second kappa shape index (κ2) is 44.7. The molecule has 0 aliphatic rings. The van der Waals surface area contributed by atoms with Crippen LogP contribution in [0.2, 0.25) is 0 Å². The van der Waals surface area contributed by atoms with Crippen molar-refractivity contribution in [2.45, 2.75) is 244 Å². The SMILES string of the molecule is CC/C=C/C/C=C/C/C=C/CCCCCCC(=O)OC(CCCCCCC/C=C\C/C=C\CCCCC)CC(=O)NC(CO)C(O)CCCCCCCCCCC. The average molecular weight is 798 g/mol. The zero-order valence-electron chi connectivity index (χ0n) is 37.5. The minimum atomic E-state index is -0.795. The number of carbonyl (C=O) groups excluding carboxylic acids is 2. The molecule has 6 nitrogen and oxygen atoms in total. The highest BCUT2D eigenvalue weighted by Gasteiger charge is 2.24. The molecule has 0 saturated carbocycles. The van der Waals surface area contributed by atoms with Gasteiger partial charge in [0.25, 0.3) is 0 Å². The number of nitrogens with one attached hydrogen (secondary N) is 1. The fraction of sp³-hybridized carbons (Fsp3) is 0.765. The van der Waals surface area contributed by atoms with Crippen LogP contribution in [0.15, 0.2) is 60.8 Å². The van der Waals surface area contributed by atoms with Crippen molar-refractivity contribution in [3.8, 4) is 0 Å². The van der Waals surface area contributed by atoms with E-state index in [2.05, 4.69) is 86.8 Å². The van der Waals surface area contributed by atoms with E-state index in [9.17, 15) is 19.8 Å². The van der Waals surface area contributed by atoms with E-state index in [1.165, 1.54) is 77.0 Å². The molecule has 0 bridgehead atoms. The number of aliphatic hydroxyl groups is 2. The molecule has 0 spiro atoms. The monoisotopic (exact) mass is 798 g/mol. The normalized spacial score (nSPS) is 13.8. The number of hydrogen-bond donors (Lipinski definition) is 3. The predicted octanol–water partition coefficient (Wildman–Crippen LogP) is 14.1. The van der Waals surface area contributed by atoms with E-state index in [1.54, 1.807) is 0 Å². The summed E-state index contributed by atoms with van der Waals surface area (Å²) < 4.78 is 5.90. The van der Waals surface area contributed by atoms with Gasteiger partial charge in [0.05, 0.1) is 25.2 Å². The van der Waals surface area contributed by atoms with E-state index in [1.807, 2.05) is 0 Å². The lowest BCUT2D eigenvalue weighted by molar-refractivity contribution is -0.151. The van der Waals surface area contributed by atoms with Crippen LogP contribution in [-0.4, -0.2) is 46.9 Å². The maximum Gasteiger partial charge on any atom is 0.306 e. The number of esters is 1. The van der Waals surface area contributed by atoms with Gasteiger partial charge in [0.1, 0.15) is 6.10 Å². The number of ether oxygens (including phenoxy) is 1. The zero-order chi connectivity index (χ0) is 41.7. The smallest absolute Gasteiger partial charge is 0.306 e. The van der Waals surface area contributed by atoms with Crippen LogP contribution in [0.3, 0.4) is 0 Å². The van der Waals surface area contributed by atoms with Crippen molar-refractivity contribution in [2.24, 2.45) is 0 Å². The number of carbonyl (C=O) groups is 2. The van der Waals surface area contributed by atoms with Gasteiger partial charge in [-0.05, 0) is 89.9 Å². The lowest BCUT2D eigenvalue weighted by atomic mass is 10.0. The van der Waals surface area contributed by atoms with Crippen molar-refractivity contribution in [1.29, 1.82) is 0 Å². The summed E-state index contributed by atoms with van der Waals surface area (Å²) in [5.41, 5.74) is 0. The second-order valence-electron chi connectivity index (χ2n) is 16.1. The molecule has 6 heteroatoms. The number of unbranched alkanes of at least 4 members (excludes halogenated alkanes) is 20. The largest absolute Gasteiger partial charge is 0.462 e. The molecular formula is C51H91NO5. The lowest BCUT2D eigenvalue weighted by Gasteiger charge is -2.24. The van der Waals surface area contributed by atoms with E-state index in [-0.39, 0.29) is 24.9 Å². The van der Waals surface area contributed by atoms with Crippen molar-refractivity contribution in [3.63, 3.8) is 0 Å². The summed E-state index contributed by atoms with van der Waals surface area (Å²) in [6.07, 6.45) is 54.2. The van der Waals surface area contributed by atoms with Gasteiger partial charge < -0.3 is 20.3 Å². The molecule has 0 rings (SSSR count). The lowest BCUT2D eigenvalue weighted by Crippen LogP contribution is -2.46. The first-order valence-electron chi connectivity index (χ1n) is 24.0. The van der Waals surface area contributed by atoms with E-state index in [4.69, 9.17) is 4.74 Å². The number of hydrogen-bond acceptors (Lipinski definition) is 5. The Morgan fingerprint density at radius 3 is 1.47 bits per heavy atom. The quantitative estimate of drug-likeness (QED) is 0.0325. The van der Waals surface area contributed by atoms with Gasteiger partial charge in [-0.25, -0.2) is 0 Å². The van der Waals surface area contributed by atoms with Crippen LogP contribution in [0.4, 0.5) is 0 Å². The van der Waals surface area contributed by atoms with Crippen molar-refractivity contribution >= 4 is 11.9 Å². The number of amides is 1. The third-order valence-corrected chi connectivity index (χ3v) is 10.6. The highest BCUT2D eigenvalue weighted by molar-refractivity contribution is 5.77. The fourth-order valence-electron chi connectivity index (χ4n) is 6.94. The average Bonchev–Trinajstić information content (AvgIpc) is 3.20. The third kappa shape index (κ3) is 40.1. The summed E-state index contributed by atoms with van der Waals surface area (Å²) >= 11 is 0. The van der Waals surface area contributed by atoms with Gasteiger partial charge >= 0.3 is 5.97 Å². The van der Waals surface area contributed by atoms with E-state index >= 15 is 0 Å². The Labute approximate surface area is 352 Å². The van der Waals surface area contributed by atoms with Crippen LogP contribution in [0.1, 0.15) is 226 Å². The van der Waals surface area contributed by atoms with E-state index in [0.717, 1.165) is 103 Å². The first-order chi connectivity index (χ1) is 28.0. The van der Waals surface area contributed by atoms with Crippen molar-refractivity contribution < 1.29 is 24.5 Å². The molecule has 0 saturated heterocycles. The van der Waals surface area contributed by atoms with E-state index in [0.29, 0.717) is 19.3 Å². The summed E-state index contributed by atoms with van der Waals surface area (Å²) in [7, 11) is 0. The number of rotatable bonds is 42. The predicted molar refractivity (Wildman–Crippen MR) is 245 cm³/mol. The van der Waals surface area contributed by atoms with Crippen LogP contribution in [-0.2, 0) is 14.3 Å². The maximum absolute atomic E-state index is 13.1. The van der Waals surface area contributed by atoms with Crippen molar-refractivity contribution in [1.82, 2.24) is 5.32 Å². The molecule has 1 amide bonds. The Morgan fingerprint density at radius 2 is 0.947 bits per heavy atom. The molecule has 57 heavy (non-hydrogen) atoms. The molecule has 3 unspecified atom stereocenters. The summed E-state index contributed by atoms with van der Waals surface area (Å²) in [6.45, 7) is 6.31. The highest BCUT2D eigenvalue weighted by Crippen LogP contribution is 2.17. The Bertz CT molecular complexity index is 1030. The highest BCUT2D eigenvalue weighted by atomic mass is 16.5. The van der Waals surface area contributed by atoms with Gasteiger partial charge in [-0.3, -0.25) is 9.59 Å². The molecule has 0 aromatic rings. The molecule has 0 heterocycles. The minimum absolute atomic E-state index is 0.0573. The standard InChI is InChI=1S/C51H91NO5/c1-4-7-10-13-16-19-21-23-25-26-28-31-33-36-39-42-47(57-51(56)44-41-38-35-32-29-27-24-22-20-17-14-11-8-5-2)45-50(55)52-48(46-53)49(54)43-40-37-34-30-18-15-12-9-6-3/h8,11,16-17,19-20,23-25,27,47-49,53-54H,4-7,9-10,12-15,18,21-22,26,28-46H2,1-3H3,(H,52,55)/b11-8+,19-16-,20-17+,25-23-,27-24+. The van der Waals surface area contributed by atoms with Crippen LogP contribution >= 0.6 is 0 Å². The summed E-state index contributed by atoms with van der Waals surface area (Å²) in [5.74, 6) is -0.516. The van der Waals surface area contributed by atoms with Gasteiger partial charge in [-0.15, -0.1) is 0 Å². The van der Waals surface area contributed by atoms with Gasteiger partial charge in [0.15, 0.2) is 0 Å². The minimum Gasteiger partial charge on any atom is -0.462 e. The Morgan fingerprint density at radius 1 is 0.526 bits per heavy atom. The molecule has 0 aliphatic carbocycles. The molecule has 0 aromatic heterocycles. The molecule has 0 aromatic carbocycles. The number of allylic oxidation sites excluding steroid dienone is 10. The Hall–Kier alpha value is -2.44.